The molecule has 0 aromatic heterocycles. The molecule has 0 aromatic carbocycles. The number of likely N-dealkylation sites (N-methyl/N-ethyl adjacent to an activating group) is 1. The molecule has 2 unspecified atom stereocenters. The first-order valence-electron chi connectivity index (χ1n) is 3.83. The number of hydrogen-bond acceptors (Lipinski definition) is 2. The number of nitrogens with zero attached hydrogens (tertiary/aromatic N) is 1. The highest BCUT2D eigenvalue weighted by Gasteiger charge is 2.31. The van der Waals surface area contributed by atoms with E-state index in [4.69, 9.17) is 0 Å². The van der Waals surface area contributed by atoms with E-state index < -0.39 is 0 Å². The fourth-order valence-corrected chi connectivity index (χ4v) is 1.85. The van der Waals surface area contributed by atoms with Gasteiger partial charge in [-0.2, -0.15) is 0 Å². The molecule has 0 aromatic rings. The van der Waals surface area contributed by atoms with Crippen LogP contribution >= 0.6 is 0 Å². The van der Waals surface area contributed by atoms with E-state index in [2.05, 4.69) is 11.8 Å². The van der Waals surface area contributed by atoms with Crippen molar-refractivity contribution in [2.24, 2.45) is 5.92 Å². The highest BCUT2D eigenvalue weighted by molar-refractivity contribution is 5.82. The van der Waals surface area contributed by atoms with Gasteiger partial charge in [-0.15, -0.1) is 0 Å². The van der Waals surface area contributed by atoms with Crippen LogP contribution in [0.15, 0.2) is 0 Å². The van der Waals surface area contributed by atoms with Crippen LogP contribution in [-0.4, -0.2) is 30.3 Å². The maximum Gasteiger partial charge on any atom is 0.147 e. The molecule has 1 aliphatic heterocycles. The van der Waals surface area contributed by atoms with Crippen molar-refractivity contribution in [1.82, 2.24) is 4.90 Å². The Bertz CT molecular complexity index is 134. The van der Waals surface area contributed by atoms with Crippen molar-refractivity contribution in [1.29, 1.82) is 0 Å². The van der Waals surface area contributed by atoms with Crippen LogP contribution in [0.2, 0.25) is 0 Å². The highest BCUT2D eigenvalue weighted by atomic mass is 16.1. The van der Waals surface area contributed by atoms with E-state index in [1.165, 1.54) is 6.42 Å². The van der Waals surface area contributed by atoms with Gasteiger partial charge in [0, 0.05) is 0 Å². The lowest BCUT2D eigenvalue weighted by Gasteiger charge is -2.18. The summed E-state index contributed by atoms with van der Waals surface area (Å²) in [5.41, 5.74) is 0. The standard InChI is InChI=1S/C8H15NO/c1-6-4-5-9(3)8(6)7(2)10/h6,8H,4-5H2,1-3H3. The summed E-state index contributed by atoms with van der Waals surface area (Å²) in [6.45, 7) is 4.91. The highest BCUT2D eigenvalue weighted by Crippen LogP contribution is 2.22. The molecule has 1 saturated heterocycles. The molecule has 2 atom stereocenters. The van der Waals surface area contributed by atoms with Gasteiger partial charge in [0.25, 0.3) is 0 Å². The largest absolute Gasteiger partial charge is 0.298 e. The van der Waals surface area contributed by atoms with E-state index in [1.54, 1.807) is 6.92 Å². The first kappa shape index (κ1) is 7.73. The van der Waals surface area contributed by atoms with Crippen LogP contribution in [0.4, 0.5) is 0 Å². The molecule has 1 fully saturated rings. The lowest BCUT2D eigenvalue weighted by Crippen LogP contribution is -2.34. The van der Waals surface area contributed by atoms with Gasteiger partial charge >= 0.3 is 0 Å². The van der Waals surface area contributed by atoms with Gasteiger partial charge in [-0.3, -0.25) is 9.69 Å². The molecule has 0 N–H and O–H groups in total. The minimum absolute atomic E-state index is 0.194. The Morgan fingerprint density at radius 2 is 2.20 bits per heavy atom. The van der Waals surface area contributed by atoms with Crippen LogP contribution in [0.25, 0.3) is 0 Å². The van der Waals surface area contributed by atoms with E-state index in [0.29, 0.717) is 11.7 Å². The summed E-state index contributed by atoms with van der Waals surface area (Å²) in [4.78, 5) is 13.2. The Balaban J connectivity index is 2.63. The predicted octanol–water partition coefficient (Wildman–Crippen LogP) is 0.916. The molecular weight excluding hydrogens is 126 g/mol. The first-order valence-corrected chi connectivity index (χ1v) is 3.83. The third-order valence-electron chi connectivity index (χ3n) is 2.37. The van der Waals surface area contributed by atoms with Crippen molar-refractivity contribution >= 4 is 5.78 Å². The average Bonchev–Trinajstić information content (AvgIpc) is 2.11. The van der Waals surface area contributed by atoms with Crippen LogP contribution in [0.5, 0.6) is 0 Å². The molecular formula is C8H15NO. The molecule has 0 aliphatic carbocycles. The van der Waals surface area contributed by atoms with Crippen molar-refractivity contribution in [3.63, 3.8) is 0 Å². The Morgan fingerprint density at radius 3 is 2.40 bits per heavy atom. The van der Waals surface area contributed by atoms with Crippen LogP contribution in [0.3, 0.4) is 0 Å². The number of ketones is 1. The van der Waals surface area contributed by atoms with Crippen molar-refractivity contribution in [2.75, 3.05) is 13.6 Å². The zero-order valence-corrected chi connectivity index (χ0v) is 6.92. The Hall–Kier alpha value is -0.370. The minimum atomic E-state index is 0.194. The molecule has 0 bridgehead atoms. The van der Waals surface area contributed by atoms with E-state index in [-0.39, 0.29) is 6.04 Å². The maximum atomic E-state index is 11.0. The summed E-state index contributed by atoms with van der Waals surface area (Å²) in [6.07, 6.45) is 1.17. The van der Waals surface area contributed by atoms with Crippen molar-refractivity contribution in [3.05, 3.63) is 0 Å². The molecule has 0 radical (unpaired) electrons. The Kier molecular flexibility index (Phi) is 2.09. The molecule has 1 heterocycles. The number of carbonyl (C=O) groups is 1. The second kappa shape index (κ2) is 2.70. The number of hydrogen-bond donors (Lipinski definition) is 0. The molecule has 2 heteroatoms. The van der Waals surface area contributed by atoms with Crippen LogP contribution in [-0.2, 0) is 4.79 Å². The predicted molar refractivity (Wildman–Crippen MR) is 40.9 cm³/mol. The fraction of sp³-hybridized carbons (Fsp3) is 0.875. The average molecular weight is 141 g/mol. The number of rotatable bonds is 1. The van der Waals surface area contributed by atoms with E-state index >= 15 is 0 Å². The lowest BCUT2D eigenvalue weighted by atomic mass is 10.0. The van der Waals surface area contributed by atoms with Gasteiger partial charge in [-0.25, -0.2) is 0 Å². The van der Waals surface area contributed by atoms with Crippen molar-refractivity contribution in [2.45, 2.75) is 26.3 Å². The smallest absolute Gasteiger partial charge is 0.147 e. The Morgan fingerprint density at radius 1 is 1.60 bits per heavy atom. The van der Waals surface area contributed by atoms with E-state index in [9.17, 15) is 4.79 Å². The molecule has 10 heavy (non-hydrogen) atoms. The van der Waals surface area contributed by atoms with Gasteiger partial charge < -0.3 is 0 Å². The third kappa shape index (κ3) is 1.21. The van der Waals surface area contributed by atoms with Crippen molar-refractivity contribution in [3.8, 4) is 0 Å². The minimum Gasteiger partial charge on any atom is -0.298 e. The molecule has 0 saturated carbocycles. The SMILES string of the molecule is CC(=O)C1C(C)CCN1C. The Labute approximate surface area is 62.2 Å². The van der Waals surface area contributed by atoms with Gasteiger partial charge in [-0.05, 0) is 32.9 Å². The van der Waals surface area contributed by atoms with Gasteiger partial charge in [0.1, 0.15) is 5.78 Å². The number of carbonyl (C=O) groups excluding carboxylic acids is 1. The van der Waals surface area contributed by atoms with E-state index in [1.807, 2.05) is 7.05 Å². The maximum absolute atomic E-state index is 11.0. The van der Waals surface area contributed by atoms with Gasteiger partial charge in [0.05, 0.1) is 6.04 Å². The number of Topliss-reactive ketones (excluding diaryl/α,β-unsaturated/α-hetero) is 1. The quantitative estimate of drug-likeness (QED) is 0.541. The molecule has 2 nitrogen and oxygen atoms in total. The summed E-state index contributed by atoms with van der Waals surface area (Å²) in [6, 6.07) is 0.194. The van der Waals surface area contributed by atoms with Crippen molar-refractivity contribution < 1.29 is 4.79 Å². The van der Waals surface area contributed by atoms with Gasteiger partial charge in [0.15, 0.2) is 0 Å². The molecule has 1 aliphatic rings. The fourth-order valence-electron chi connectivity index (χ4n) is 1.85. The number of likely N-dealkylation sites (tertiary alicyclic amines) is 1. The second-order valence-corrected chi connectivity index (χ2v) is 3.30. The molecule has 0 spiro atoms. The summed E-state index contributed by atoms with van der Waals surface area (Å²) in [5, 5.41) is 0. The van der Waals surface area contributed by atoms with Gasteiger partial charge in [0.2, 0.25) is 0 Å². The topological polar surface area (TPSA) is 20.3 Å². The summed E-state index contributed by atoms with van der Waals surface area (Å²) in [5.74, 6) is 0.870. The van der Waals surface area contributed by atoms with Crippen LogP contribution < -0.4 is 0 Å². The normalized spacial score (nSPS) is 34.7. The molecule has 58 valence electrons. The summed E-state index contributed by atoms with van der Waals surface area (Å²) < 4.78 is 0. The van der Waals surface area contributed by atoms with Crippen LogP contribution in [0.1, 0.15) is 20.3 Å². The second-order valence-electron chi connectivity index (χ2n) is 3.30. The first-order chi connectivity index (χ1) is 4.63. The van der Waals surface area contributed by atoms with Crippen LogP contribution in [0, 0.1) is 5.92 Å². The molecule has 1 rings (SSSR count). The monoisotopic (exact) mass is 141 g/mol. The van der Waals surface area contributed by atoms with Gasteiger partial charge in [-0.1, -0.05) is 6.92 Å². The molecule has 0 amide bonds. The summed E-state index contributed by atoms with van der Waals surface area (Å²) in [7, 11) is 2.02. The lowest BCUT2D eigenvalue weighted by molar-refractivity contribution is -0.121. The third-order valence-corrected chi connectivity index (χ3v) is 2.37. The zero-order chi connectivity index (χ0) is 7.72. The van der Waals surface area contributed by atoms with E-state index in [0.717, 1.165) is 6.54 Å². The summed E-state index contributed by atoms with van der Waals surface area (Å²) >= 11 is 0. The zero-order valence-electron chi connectivity index (χ0n) is 6.92.